The molecule has 0 radical (unpaired) electrons. The van der Waals surface area contributed by atoms with E-state index in [4.69, 9.17) is 4.74 Å². The second-order valence-electron chi connectivity index (χ2n) is 5.44. The van der Waals surface area contributed by atoms with E-state index in [9.17, 15) is 9.18 Å². The zero-order valence-corrected chi connectivity index (χ0v) is 12.6. The summed E-state index contributed by atoms with van der Waals surface area (Å²) in [7, 11) is 0. The number of pyridine rings is 1. The third-order valence-electron chi connectivity index (χ3n) is 3.68. The Kier molecular flexibility index (Phi) is 4.75. The van der Waals surface area contributed by atoms with Crippen molar-refractivity contribution in [2.45, 2.75) is 25.4 Å². The van der Waals surface area contributed by atoms with Crippen LogP contribution in [0.3, 0.4) is 0 Å². The van der Waals surface area contributed by atoms with Gasteiger partial charge < -0.3 is 9.64 Å². The van der Waals surface area contributed by atoms with E-state index in [0.29, 0.717) is 19.5 Å². The number of hydrogen-bond donors (Lipinski definition) is 0. The molecule has 0 aliphatic carbocycles. The third-order valence-corrected chi connectivity index (χ3v) is 3.68. The Morgan fingerprint density at radius 2 is 2.17 bits per heavy atom. The highest BCUT2D eigenvalue weighted by molar-refractivity contribution is 5.78. The monoisotopic (exact) mass is 316 g/mol. The smallest absolute Gasteiger partial charge is 0.316 e. The van der Waals surface area contributed by atoms with Crippen molar-refractivity contribution in [1.29, 1.82) is 0 Å². The van der Waals surface area contributed by atoms with Crippen molar-refractivity contribution >= 4 is 5.91 Å². The van der Waals surface area contributed by atoms with Crippen LogP contribution in [0.2, 0.25) is 0 Å². The fourth-order valence-electron chi connectivity index (χ4n) is 2.56. The number of nitrogens with zero attached hydrogens (tertiary/aromatic N) is 4. The number of likely N-dealkylation sites (tertiary alicyclic amines) is 1. The molecule has 3 rings (SSSR count). The van der Waals surface area contributed by atoms with E-state index >= 15 is 0 Å². The summed E-state index contributed by atoms with van der Waals surface area (Å²) in [5.41, 5.74) is 0.891. The lowest BCUT2D eigenvalue weighted by Gasteiger charge is -2.32. The van der Waals surface area contributed by atoms with Crippen LogP contribution in [0.15, 0.2) is 36.9 Å². The summed E-state index contributed by atoms with van der Waals surface area (Å²) in [5.74, 6) is -0.458. The van der Waals surface area contributed by atoms with Gasteiger partial charge in [0, 0.05) is 18.9 Å². The van der Waals surface area contributed by atoms with Crippen molar-refractivity contribution < 1.29 is 13.9 Å². The summed E-state index contributed by atoms with van der Waals surface area (Å²) in [6.07, 6.45) is 7.33. The molecule has 0 N–H and O–H groups in total. The highest BCUT2D eigenvalue weighted by Crippen LogP contribution is 2.16. The van der Waals surface area contributed by atoms with Crippen molar-refractivity contribution in [3.63, 3.8) is 0 Å². The number of carbonyl (C=O) groups excluding carboxylic acids is 1. The van der Waals surface area contributed by atoms with Crippen LogP contribution in [0.1, 0.15) is 18.4 Å². The second-order valence-corrected chi connectivity index (χ2v) is 5.44. The molecule has 0 aromatic carbocycles. The molecule has 1 aliphatic rings. The Bertz CT molecular complexity index is 651. The van der Waals surface area contributed by atoms with Crippen LogP contribution >= 0.6 is 0 Å². The van der Waals surface area contributed by atoms with Crippen molar-refractivity contribution in [2.24, 2.45) is 0 Å². The summed E-state index contributed by atoms with van der Waals surface area (Å²) in [5, 5.41) is 0. The second kappa shape index (κ2) is 7.13. The summed E-state index contributed by atoms with van der Waals surface area (Å²) in [6.45, 7) is 1.20. The summed E-state index contributed by atoms with van der Waals surface area (Å²) < 4.78 is 18.4. The topological polar surface area (TPSA) is 68.2 Å². The van der Waals surface area contributed by atoms with Crippen molar-refractivity contribution in [3.05, 3.63) is 48.3 Å². The van der Waals surface area contributed by atoms with Gasteiger partial charge in [-0.25, -0.2) is 14.4 Å². The number of ether oxygens (including phenoxy) is 1. The van der Waals surface area contributed by atoms with Gasteiger partial charge in [0.05, 0.1) is 25.4 Å². The molecule has 1 fully saturated rings. The Hall–Kier alpha value is -2.57. The first-order valence-electron chi connectivity index (χ1n) is 7.51. The number of aromatic nitrogens is 3. The van der Waals surface area contributed by atoms with E-state index in [1.54, 1.807) is 17.3 Å². The molecular weight excluding hydrogens is 299 g/mol. The van der Waals surface area contributed by atoms with Gasteiger partial charge in [-0.3, -0.25) is 9.78 Å². The lowest BCUT2D eigenvalue weighted by Crippen LogP contribution is -2.45. The van der Waals surface area contributed by atoms with E-state index < -0.39 is 5.82 Å². The van der Waals surface area contributed by atoms with Crippen molar-refractivity contribution in [2.75, 3.05) is 13.1 Å². The molecule has 1 unspecified atom stereocenters. The fourth-order valence-corrected chi connectivity index (χ4v) is 2.56. The molecule has 0 spiro atoms. The minimum atomic E-state index is -0.505. The maximum atomic E-state index is 12.8. The molecule has 2 aromatic heterocycles. The molecule has 1 saturated heterocycles. The Balaban J connectivity index is 1.57. The van der Waals surface area contributed by atoms with Crippen molar-refractivity contribution in [1.82, 2.24) is 19.9 Å². The molecule has 3 heterocycles. The van der Waals surface area contributed by atoms with E-state index in [1.165, 1.54) is 0 Å². The first-order chi connectivity index (χ1) is 11.2. The molecular formula is C16H17FN4O2. The van der Waals surface area contributed by atoms with Crippen molar-refractivity contribution in [3.8, 4) is 6.01 Å². The number of amides is 1. The summed E-state index contributed by atoms with van der Waals surface area (Å²) in [6, 6.07) is 3.84. The van der Waals surface area contributed by atoms with Gasteiger partial charge in [0.1, 0.15) is 6.10 Å². The zero-order valence-electron chi connectivity index (χ0n) is 12.6. The number of rotatable bonds is 4. The predicted molar refractivity (Wildman–Crippen MR) is 80.2 cm³/mol. The average Bonchev–Trinajstić information content (AvgIpc) is 2.58. The van der Waals surface area contributed by atoms with Crippen LogP contribution < -0.4 is 4.74 Å². The molecule has 1 aliphatic heterocycles. The van der Waals surface area contributed by atoms with E-state index in [0.717, 1.165) is 30.8 Å². The molecule has 120 valence electrons. The maximum absolute atomic E-state index is 12.8. The Labute approximate surface area is 133 Å². The number of piperidine rings is 1. The molecule has 23 heavy (non-hydrogen) atoms. The maximum Gasteiger partial charge on any atom is 0.316 e. The largest absolute Gasteiger partial charge is 0.458 e. The molecule has 0 bridgehead atoms. The molecule has 1 atom stereocenters. The van der Waals surface area contributed by atoms with Gasteiger partial charge in [0.2, 0.25) is 5.91 Å². The quantitative estimate of drug-likeness (QED) is 0.857. The highest BCUT2D eigenvalue weighted by atomic mass is 19.1. The number of halogens is 1. The van der Waals surface area contributed by atoms with Crippen LogP contribution in [0.25, 0.3) is 0 Å². The minimum absolute atomic E-state index is 0.0475. The lowest BCUT2D eigenvalue weighted by molar-refractivity contribution is -0.133. The van der Waals surface area contributed by atoms with Gasteiger partial charge in [-0.1, -0.05) is 6.07 Å². The van der Waals surface area contributed by atoms with Gasteiger partial charge in [-0.15, -0.1) is 0 Å². The number of hydrogen-bond acceptors (Lipinski definition) is 5. The van der Waals surface area contributed by atoms with Crippen LogP contribution in [-0.2, 0) is 11.2 Å². The Morgan fingerprint density at radius 1 is 1.35 bits per heavy atom. The number of carbonyl (C=O) groups is 1. The SMILES string of the molecule is O=C(Cc1cccnc1)N1CCCC(Oc2ncc(F)cn2)C1. The van der Waals surface area contributed by atoms with Gasteiger partial charge in [-0.05, 0) is 24.5 Å². The van der Waals surface area contributed by atoms with Crippen LogP contribution in [-0.4, -0.2) is 45.0 Å². The molecule has 1 amide bonds. The molecule has 2 aromatic rings. The van der Waals surface area contributed by atoms with Crippen LogP contribution in [0.5, 0.6) is 6.01 Å². The zero-order chi connectivity index (χ0) is 16.1. The van der Waals surface area contributed by atoms with Gasteiger partial charge in [0.25, 0.3) is 0 Å². The normalized spacial score (nSPS) is 17.8. The van der Waals surface area contributed by atoms with Crippen LogP contribution in [0, 0.1) is 5.82 Å². The summed E-state index contributed by atoms with van der Waals surface area (Å²) >= 11 is 0. The predicted octanol–water partition coefficient (Wildman–Crippen LogP) is 1.62. The molecule has 0 saturated carbocycles. The molecule has 7 heteroatoms. The lowest BCUT2D eigenvalue weighted by atomic mass is 10.1. The minimum Gasteiger partial charge on any atom is -0.458 e. The average molecular weight is 316 g/mol. The fraction of sp³-hybridized carbons (Fsp3) is 0.375. The Morgan fingerprint density at radius 3 is 2.91 bits per heavy atom. The first-order valence-corrected chi connectivity index (χ1v) is 7.51. The third kappa shape index (κ3) is 4.21. The highest BCUT2D eigenvalue weighted by Gasteiger charge is 2.25. The van der Waals surface area contributed by atoms with Gasteiger partial charge in [-0.2, -0.15) is 0 Å². The van der Waals surface area contributed by atoms with E-state index in [1.807, 2.05) is 12.1 Å². The summed E-state index contributed by atoms with van der Waals surface area (Å²) in [4.78, 5) is 25.8. The van der Waals surface area contributed by atoms with Gasteiger partial charge in [0.15, 0.2) is 5.82 Å². The van der Waals surface area contributed by atoms with Crippen LogP contribution in [0.4, 0.5) is 4.39 Å². The first kappa shape index (κ1) is 15.3. The molecule has 6 nitrogen and oxygen atoms in total. The van der Waals surface area contributed by atoms with E-state index in [-0.39, 0.29) is 18.0 Å². The standard InChI is InChI=1S/C16H17FN4O2/c17-13-9-19-16(20-10-13)23-14-4-2-6-21(11-14)15(22)7-12-3-1-5-18-8-12/h1,3,5,8-10,14H,2,4,6-7,11H2. The van der Waals surface area contributed by atoms with Gasteiger partial charge >= 0.3 is 6.01 Å². The van der Waals surface area contributed by atoms with E-state index in [2.05, 4.69) is 15.0 Å².